The number of aliphatic carboxylic acids is 1. The van der Waals surface area contributed by atoms with E-state index >= 15 is 0 Å². The Morgan fingerprint density at radius 1 is 1.00 bits per heavy atom. The summed E-state index contributed by atoms with van der Waals surface area (Å²) in [5.41, 5.74) is 0.389. The molecule has 0 atom stereocenters. The third-order valence-electron chi connectivity index (χ3n) is 0.770. The lowest BCUT2D eigenvalue weighted by Gasteiger charge is -1.90. The molecule has 0 saturated carbocycles. The number of hydrogen-bond donors (Lipinski definition) is 1. The maximum atomic E-state index is 9.86. The maximum absolute atomic E-state index is 9.86. The predicted molar refractivity (Wildman–Crippen MR) is 73.5 cm³/mol. The smallest absolute Gasteiger partial charge is 0.330 e. The molecule has 0 bridgehead atoms. The highest BCUT2D eigenvalue weighted by Gasteiger charge is 1.93. The van der Waals surface area contributed by atoms with E-state index in [1.54, 1.807) is 19.9 Å². The summed E-state index contributed by atoms with van der Waals surface area (Å²) in [4.78, 5) is 13.9. The van der Waals surface area contributed by atoms with Crippen molar-refractivity contribution in [3.63, 3.8) is 0 Å². The van der Waals surface area contributed by atoms with Crippen molar-refractivity contribution in [2.45, 2.75) is 13.8 Å². The molecule has 0 aromatic rings. The van der Waals surface area contributed by atoms with Crippen LogP contribution in [0.2, 0.25) is 0 Å². The van der Waals surface area contributed by atoms with Crippen molar-refractivity contribution in [3.8, 4) is 0 Å². The van der Waals surface area contributed by atoms with E-state index in [1.165, 1.54) is 0 Å². The highest BCUT2D eigenvalue weighted by Crippen LogP contribution is 1.87. The van der Waals surface area contributed by atoms with Gasteiger partial charge in [-0.2, -0.15) is 0 Å². The van der Waals surface area contributed by atoms with Crippen LogP contribution in [0.1, 0.15) is 13.8 Å². The fourth-order valence-corrected chi connectivity index (χ4v) is 0.123. The zero-order valence-corrected chi connectivity index (χ0v) is 12.6. The van der Waals surface area contributed by atoms with Gasteiger partial charge in [-0.1, -0.05) is 6.08 Å². The molecule has 0 aliphatic carbocycles. The van der Waals surface area contributed by atoms with Gasteiger partial charge in [-0.25, -0.2) is 4.79 Å². The largest absolute Gasteiger partial charge is 0.478 e. The zero-order chi connectivity index (χ0) is 13.0. The molecule has 0 unspecified atom stereocenters. The Bertz CT molecular complexity index is 169. The molecule has 16 heavy (non-hydrogen) atoms. The fourth-order valence-electron chi connectivity index (χ4n) is 0.123. The summed E-state index contributed by atoms with van der Waals surface area (Å²) < 4.78 is 0. The molecule has 0 radical (unpaired) electrons. The number of halogens is 1. The van der Waals surface area contributed by atoms with E-state index in [9.17, 15) is 4.79 Å². The molecule has 0 rings (SSSR count). The van der Waals surface area contributed by atoms with Crippen LogP contribution in [-0.2, 0) is 4.79 Å². The minimum atomic E-state index is -0.845. The summed E-state index contributed by atoms with van der Waals surface area (Å²) in [6, 6.07) is 0. The lowest BCUT2D eigenvalue weighted by Crippen LogP contribution is -1.99. The molecule has 0 amide bonds. The van der Waals surface area contributed by atoms with Gasteiger partial charge in [-0.3, -0.25) is 0 Å². The van der Waals surface area contributed by atoms with Crippen molar-refractivity contribution < 1.29 is 9.90 Å². The second-order valence-electron chi connectivity index (χ2n) is 3.96. The number of carboxylic acids is 1. The molecule has 1 N–H and O–H groups in total. The Balaban J connectivity index is -0.0000000700. The Hall–Kier alpha value is -0.580. The van der Waals surface area contributed by atoms with Gasteiger partial charge >= 0.3 is 5.97 Å². The number of allylic oxidation sites excluding steroid dienone is 1. The molecular formula is C11H27ClN2O2. The SMILES string of the molecule is CC=C(C)C(=O)O.CN(C)C.CN(C)C.Cl. The van der Waals surface area contributed by atoms with Gasteiger partial charge in [0.15, 0.2) is 0 Å². The third kappa shape index (κ3) is 70.5. The molecular weight excluding hydrogens is 228 g/mol. The van der Waals surface area contributed by atoms with Gasteiger partial charge in [0.25, 0.3) is 0 Å². The van der Waals surface area contributed by atoms with E-state index in [1.807, 2.05) is 52.1 Å². The monoisotopic (exact) mass is 254 g/mol. The molecule has 0 saturated heterocycles. The van der Waals surface area contributed by atoms with E-state index in [0.717, 1.165) is 0 Å². The molecule has 5 heteroatoms. The Kier molecular flexibility index (Phi) is 25.9. The Morgan fingerprint density at radius 3 is 1.19 bits per heavy atom. The second-order valence-corrected chi connectivity index (χ2v) is 3.96. The van der Waals surface area contributed by atoms with Crippen molar-refractivity contribution in [3.05, 3.63) is 11.6 Å². The average Bonchev–Trinajstić information content (AvgIpc) is 2.00. The average molecular weight is 255 g/mol. The lowest BCUT2D eigenvalue weighted by molar-refractivity contribution is -0.132. The van der Waals surface area contributed by atoms with Crippen LogP contribution >= 0.6 is 12.4 Å². The van der Waals surface area contributed by atoms with Crippen molar-refractivity contribution in [2.24, 2.45) is 0 Å². The topological polar surface area (TPSA) is 43.8 Å². The Morgan fingerprint density at radius 2 is 1.19 bits per heavy atom. The fraction of sp³-hybridized carbons (Fsp3) is 0.727. The van der Waals surface area contributed by atoms with E-state index in [4.69, 9.17) is 5.11 Å². The highest BCUT2D eigenvalue weighted by molar-refractivity contribution is 5.85. The molecule has 0 fully saturated rings. The van der Waals surface area contributed by atoms with Gasteiger partial charge in [0, 0.05) is 5.57 Å². The van der Waals surface area contributed by atoms with Crippen LogP contribution < -0.4 is 0 Å². The first-order valence-electron chi connectivity index (χ1n) is 4.73. The van der Waals surface area contributed by atoms with Crippen LogP contribution in [0.3, 0.4) is 0 Å². The minimum Gasteiger partial charge on any atom is -0.478 e. The second kappa shape index (κ2) is 16.8. The van der Waals surface area contributed by atoms with E-state index < -0.39 is 5.97 Å². The normalized spacial score (nSPS) is 9.50. The summed E-state index contributed by atoms with van der Waals surface area (Å²) in [7, 11) is 12.0. The van der Waals surface area contributed by atoms with Gasteiger partial charge in [-0.05, 0) is 56.1 Å². The van der Waals surface area contributed by atoms with E-state index in [0.29, 0.717) is 5.57 Å². The van der Waals surface area contributed by atoms with Crippen molar-refractivity contribution in [1.29, 1.82) is 0 Å². The van der Waals surface area contributed by atoms with Crippen LogP contribution in [0.5, 0.6) is 0 Å². The van der Waals surface area contributed by atoms with E-state index in [-0.39, 0.29) is 12.4 Å². The molecule has 0 aromatic heterocycles. The summed E-state index contributed by atoms with van der Waals surface area (Å²) in [5, 5.41) is 8.11. The molecule has 0 spiro atoms. The minimum absolute atomic E-state index is 0. The quantitative estimate of drug-likeness (QED) is 0.725. The van der Waals surface area contributed by atoms with Gasteiger partial charge in [0.05, 0.1) is 0 Å². The van der Waals surface area contributed by atoms with Gasteiger partial charge in [0.2, 0.25) is 0 Å². The number of carbonyl (C=O) groups is 1. The first kappa shape index (κ1) is 24.6. The summed E-state index contributed by atoms with van der Waals surface area (Å²) >= 11 is 0. The molecule has 0 aliphatic rings. The van der Waals surface area contributed by atoms with Crippen molar-refractivity contribution in [1.82, 2.24) is 9.80 Å². The number of hydrogen-bond acceptors (Lipinski definition) is 3. The molecule has 0 aliphatic heterocycles. The molecule has 0 heterocycles. The number of rotatable bonds is 1. The summed E-state index contributed by atoms with van der Waals surface area (Å²) in [6.07, 6.45) is 1.56. The van der Waals surface area contributed by atoms with Crippen LogP contribution in [0.15, 0.2) is 11.6 Å². The van der Waals surface area contributed by atoms with Crippen molar-refractivity contribution >= 4 is 18.4 Å². The Labute approximate surface area is 106 Å². The maximum Gasteiger partial charge on any atom is 0.330 e. The van der Waals surface area contributed by atoms with Gasteiger partial charge < -0.3 is 14.9 Å². The molecule has 100 valence electrons. The summed E-state index contributed by atoms with van der Waals surface area (Å²) in [5.74, 6) is -0.845. The zero-order valence-electron chi connectivity index (χ0n) is 11.7. The highest BCUT2D eigenvalue weighted by atomic mass is 35.5. The van der Waals surface area contributed by atoms with Crippen LogP contribution in [-0.4, -0.2) is 63.2 Å². The van der Waals surface area contributed by atoms with Crippen molar-refractivity contribution in [2.75, 3.05) is 42.3 Å². The molecule has 0 aromatic carbocycles. The van der Waals surface area contributed by atoms with Gasteiger partial charge in [-0.15, -0.1) is 12.4 Å². The summed E-state index contributed by atoms with van der Waals surface area (Å²) in [6.45, 7) is 3.26. The standard InChI is InChI=1S/C5H8O2.2C3H9N.ClH/c1-3-4(2)5(6)7;2*1-4(2)3;/h3H,1-2H3,(H,6,7);2*1-3H3;1H. The predicted octanol–water partition coefficient (Wildman–Crippen LogP) is 1.81. The molecule has 4 nitrogen and oxygen atoms in total. The van der Waals surface area contributed by atoms with Gasteiger partial charge in [0.1, 0.15) is 0 Å². The third-order valence-corrected chi connectivity index (χ3v) is 0.770. The number of carboxylic acid groups (broad SMARTS) is 1. The first-order chi connectivity index (χ1) is 6.64. The van der Waals surface area contributed by atoms with Crippen LogP contribution in [0, 0.1) is 0 Å². The van der Waals surface area contributed by atoms with E-state index in [2.05, 4.69) is 0 Å². The van der Waals surface area contributed by atoms with Crippen LogP contribution in [0.25, 0.3) is 0 Å². The van der Waals surface area contributed by atoms with Crippen LogP contribution in [0.4, 0.5) is 0 Å². The lowest BCUT2D eigenvalue weighted by atomic mass is 10.3. The first-order valence-corrected chi connectivity index (χ1v) is 4.73. The number of nitrogens with zero attached hydrogens (tertiary/aromatic N) is 2.